The highest BCUT2D eigenvalue weighted by molar-refractivity contribution is 5.98. The third kappa shape index (κ3) is 1.91. The number of anilines is 1. The first-order valence-electron chi connectivity index (χ1n) is 6.37. The van der Waals surface area contributed by atoms with Crippen LogP contribution in [0.15, 0.2) is 53.8 Å². The molecule has 20 heavy (non-hydrogen) atoms. The predicted octanol–water partition coefficient (Wildman–Crippen LogP) is 2.27. The van der Waals surface area contributed by atoms with E-state index in [1.54, 1.807) is 6.20 Å². The van der Waals surface area contributed by atoms with Gasteiger partial charge in [0.25, 0.3) is 0 Å². The number of guanidine groups is 1. The molecule has 102 valence electrons. The Kier molecular flexibility index (Phi) is 2.89. The summed E-state index contributed by atoms with van der Waals surface area (Å²) in [6.07, 6.45) is 2.85. The van der Waals surface area contributed by atoms with Crippen molar-refractivity contribution in [1.82, 2.24) is 4.98 Å². The second-order valence-electron chi connectivity index (χ2n) is 5.01. The van der Waals surface area contributed by atoms with Crippen LogP contribution in [0.3, 0.4) is 0 Å². The summed E-state index contributed by atoms with van der Waals surface area (Å²) in [6, 6.07) is 11.2. The molecule has 0 fully saturated rings. The maximum atomic E-state index is 13.5. The molecular weight excluding hydrogens is 255 g/mol. The standard InChI is InChI=1S/C15H15FN4/c1-15(11-7-12(16)9-18-8-11)10-19-14(17)20(15)13-5-3-2-4-6-13/h2-9H,10H2,1H3,(H2,17,19). The van der Waals surface area contributed by atoms with Gasteiger partial charge in [0.2, 0.25) is 0 Å². The third-order valence-corrected chi connectivity index (χ3v) is 3.61. The molecule has 1 unspecified atom stereocenters. The number of nitrogens with zero attached hydrogens (tertiary/aromatic N) is 3. The van der Waals surface area contributed by atoms with Crippen molar-refractivity contribution < 1.29 is 4.39 Å². The van der Waals surface area contributed by atoms with Crippen LogP contribution in [-0.4, -0.2) is 17.5 Å². The van der Waals surface area contributed by atoms with Gasteiger partial charge in [-0.15, -0.1) is 0 Å². The summed E-state index contributed by atoms with van der Waals surface area (Å²) < 4.78 is 13.5. The van der Waals surface area contributed by atoms with Gasteiger partial charge in [0.15, 0.2) is 5.96 Å². The van der Waals surface area contributed by atoms with Gasteiger partial charge < -0.3 is 10.6 Å². The monoisotopic (exact) mass is 270 g/mol. The maximum Gasteiger partial charge on any atom is 0.196 e. The number of benzene rings is 1. The zero-order valence-corrected chi connectivity index (χ0v) is 11.1. The van der Waals surface area contributed by atoms with Gasteiger partial charge in [0, 0.05) is 17.4 Å². The first-order chi connectivity index (χ1) is 9.61. The average molecular weight is 270 g/mol. The molecule has 3 rings (SSSR count). The van der Waals surface area contributed by atoms with E-state index in [1.807, 2.05) is 42.2 Å². The number of rotatable bonds is 2. The van der Waals surface area contributed by atoms with Gasteiger partial charge in [-0.05, 0) is 25.1 Å². The van der Waals surface area contributed by atoms with E-state index < -0.39 is 5.54 Å². The van der Waals surface area contributed by atoms with Crippen LogP contribution in [0.5, 0.6) is 0 Å². The molecule has 1 aromatic carbocycles. The molecule has 0 amide bonds. The fraction of sp³-hybridized carbons (Fsp3) is 0.200. The Balaban J connectivity index is 2.09. The van der Waals surface area contributed by atoms with Gasteiger partial charge in [-0.3, -0.25) is 9.98 Å². The molecule has 0 spiro atoms. The molecule has 5 heteroatoms. The van der Waals surface area contributed by atoms with Gasteiger partial charge in [0.05, 0.1) is 18.3 Å². The molecule has 2 N–H and O–H groups in total. The molecule has 4 nitrogen and oxygen atoms in total. The van der Waals surface area contributed by atoms with Crippen LogP contribution in [0.25, 0.3) is 0 Å². The quantitative estimate of drug-likeness (QED) is 0.910. The van der Waals surface area contributed by atoms with Crippen LogP contribution >= 0.6 is 0 Å². The molecular formula is C15H15FN4. The molecule has 1 aromatic heterocycles. The van der Waals surface area contributed by atoms with Crippen molar-refractivity contribution in [3.8, 4) is 0 Å². The fourth-order valence-corrected chi connectivity index (χ4v) is 2.55. The van der Waals surface area contributed by atoms with E-state index in [1.165, 1.54) is 12.3 Å². The SMILES string of the molecule is CC1(c2cncc(F)c2)CN=C(N)N1c1ccccc1. The zero-order chi connectivity index (χ0) is 14.2. The summed E-state index contributed by atoms with van der Waals surface area (Å²) in [5, 5.41) is 0. The lowest BCUT2D eigenvalue weighted by atomic mass is 9.92. The molecule has 1 aliphatic heterocycles. The smallest absolute Gasteiger partial charge is 0.196 e. The van der Waals surface area contributed by atoms with Crippen molar-refractivity contribution in [2.45, 2.75) is 12.5 Å². The van der Waals surface area contributed by atoms with Gasteiger partial charge in [-0.2, -0.15) is 0 Å². The molecule has 2 aromatic rings. The van der Waals surface area contributed by atoms with Gasteiger partial charge >= 0.3 is 0 Å². The Labute approximate surface area is 116 Å². The number of hydrogen-bond donors (Lipinski definition) is 1. The molecule has 0 saturated carbocycles. The van der Waals surface area contributed by atoms with Gasteiger partial charge in [-0.1, -0.05) is 18.2 Å². The number of aliphatic imine (C=N–C) groups is 1. The topological polar surface area (TPSA) is 54.5 Å². The Bertz CT molecular complexity index is 656. The highest BCUT2D eigenvalue weighted by atomic mass is 19.1. The van der Waals surface area contributed by atoms with Crippen molar-refractivity contribution in [2.24, 2.45) is 10.7 Å². The van der Waals surface area contributed by atoms with Crippen molar-refractivity contribution in [3.63, 3.8) is 0 Å². The summed E-state index contributed by atoms with van der Waals surface area (Å²) >= 11 is 0. The minimum absolute atomic E-state index is 0.359. The lowest BCUT2D eigenvalue weighted by Crippen LogP contribution is -2.47. The molecule has 1 aliphatic rings. The maximum absolute atomic E-state index is 13.5. The van der Waals surface area contributed by atoms with Crippen LogP contribution in [0.2, 0.25) is 0 Å². The molecule has 0 saturated heterocycles. The Hall–Kier alpha value is -2.43. The van der Waals surface area contributed by atoms with E-state index in [0.29, 0.717) is 12.5 Å². The van der Waals surface area contributed by atoms with Crippen LogP contribution in [0.4, 0.5) is 10.1 Å². The largest absolute Gasteiger partial charge is 0.369 e. The van der Waals surface area contributed by atoms with Crippen molar-refractivity contribution in [1.29, 1.82) is 0 Å². The Morgan fingerprint density at radius 1 is 1.25 bits per heavy atom. The van der Waals surface area contributed by atoms with E-state index in [4.69, 9.17) is 5.73 Å². The number of hydrogen-bond acceptors (Lipinski definition) is 4. The number of pyridine rings is 1. The van der Waals surface area contributed by atoms with Crippen LogP contribution in [0, 0.1) is 5.82 Å². The molecule has 0 radical (unpaired) electrons. The predicted molar refractivity (Wildman–Crippen MR) is 77.0 cm³/mol. The van der Waals surface area contributed by atoms with Crippen molar-refractivity contribution in [3.05, 3.63) is 60.2 Å². The lowest BCUT2D eigenvalue weighted by molar-refractivity contribution is 0.521. The number of halogens is 1. The number of aromatic nitrogens is 1. The van der Waals surface area contributed by atoms with Crippen LogP contribution < -0.4 is 10.6 Å². The second kappa shape index (κ2) is 4.59. The minimum Gasteiger partial charge on any atom is -0.369 e. The highest BCUT2D eigenvalue weighted by Gasteiger charge is 2.41. The third-order valence-electron chi connectivity index (χ3n) is 3.61. The van der Waals surface area contributed by atoms with Crippen molar-refractivity contribution in [2.75, 3.05) is 11.4 Å². The van der Waals surface area contributed by atoms with E-state index in [2.05, 4.69) is 9.98 Å². The summed E-state index contributed by atoms with van der Waals surface area (Å²) in [7, 11) is 0. The average Bonchev–Trinajstić information content (AvgIpc) is 2.77. The van der Waals surface area contributed by atoms with E-state index in [0.717, 1.165) is 11.3 Å². The highest BCUT2D eigenvalue weighted by Crippen LogP contribution is 2.36. The van der Waals surface area contributed by atoms with Gasteiger partial charge in [0.1, 0.15) is 5.82 Å². The Morgan fingerprint density at radius 2 is 2.00 bits per heavy atom. The molecule has 0 bridgehead atoms. The summed E-state index contributed by atoms with van der Waals surface area (Å²) in [6.45, 7) is 2.46. The van der Waals surface area contributed by atoms with E-state index >= 15 is 0 Å². The molecule has 1 atom stereocenters. The molecule has 2 heterocycles. The number of para-hydroxylation sites is 1. The normalized spacial score (nSPS) is 21.9. The van der Waals surface area contributed by atoms with Crippen molar-refractivity contribution >= 4 is 11.6 Å². The molecule has 0 aliphatic carbocycles. The first-order valence-corrected chi connectivity index (χ1v) is 6.37. The van der Waals surface area contributed by atoms with Crippen LogP contribution in [0.1, 0.15) is 12.5 Å². The minimum atomic E-state index is -0.527. The first kappa shape index (κ1) is 12.6. The second-order valence-corrected chi connectivity index (χ2v) is 5.01. The van der Waals surface area contributed by atoms with Crippen LogP contribution in [-0.2, 0) is 5.54 Å². The summed E-state index contributed by atoms with van der Waals surface area (Å²) in [5.74, 6) is 0.0742. The lowest BCUT2D eigenvalue weighted by Gasteiger charge is -2.36. The summed E-state index contributed by atoms with van der Waals surface area (Å²) in [5.41, 5.74) is 7.18. The fourth-order valence-electron chi connectivity index (χ4n) is 2.55. The summed E-state index contributed by atoms with van der Waals surface area (Å²) in [4.78, 5) is 10.2. The van der Waals surface area contributed by atoms with E-state index in [-0.39, 0.29) is 5.82 Å². The number of nitrogens with two attached hydrogens (primary N) is 1. The zero-order valence-electron chi connectivity index (χ0n) is 11.1. The Morgan fingerprint density at radius 3 is 2.70 bits per heavy atom. The van der Waals surface area contributed by atoms with Gasteiger partial charge in [-0.25, -0.2) is 4.39 Å². The van der Waals surface area contributed by atoms with E-state index in [9.17, 15) is 4.39 Å².